The highest BCUT2D eigenvalue weighted by Gasteiger charge is 2.10. The first-order valence-electron chi connectivity index (χ1n) is 6.59. The minimum Gasteiger partial charge on any atom is -0.339 e. The summed E-state index contributed by atoms with van der Waals surface area (Å²) in [4.78, 5) is 4.43. The molecule has 2 N–H and O–H groups in total. The zero-order chi connectivity index (χ0) is 13.5. The number of benzene rings is 1. The van der Waals surface area contributed by atoms with Gasteiger partial charge >= 0.3 is 0 Å². The van der Waals surface area contributed by atoms with Crippen molar-refractivity contribution in [3.8, 4) is 11.4 Å². The molecule has 0 aliphatic rings. The van der Waals surface area contributed by atoms with Crippen LogP contribution in [0.2, 0.25) is 0 Å². The van der Waals surface area contributed by atoms with Gasteiger partial charge in [-0.25, -0.2) is 0 Å². The summed E-state index contributed by atoms with van der Waals surface area (Å²) in [7, 11) is 0. The van der Waals surface area contributed by atoms with Gasteiger partial charge in [0.2, 0.25) is 11.7 Å². The predicted molar refractivity (Wildman–Crippen MR) is 78.7 cm³/mol. The van der Waals surface area contributed by atoms with E-state index in [4.69, 9.17) is 10.3 Å². The molecule has 0 radical (unpaired) electrons. The topological polar surface area (TPSA) is 64.9 Å². The second-order valence-electron chi connectivity index (χ2n) is 4.44. The zero-order valence-corrected chi connectivity index (χ0v) is 12.4. The highest BCUT2D eigenvalue weighted by Crippen LogP contribution is 2.25. The van der Waals surface area contributed by atoms with Gasteiger partial charge in [0.05, 0.1) is 0 Å². The summed E-state index contributed by atoms with van der Waals surface area (Å²) >= 11 is 3.49. The number of hydrogen-bond acceptors (Lipinski definition) is 4. The van der Waals surface area contributed by atoms with E-state index >= 15 is 0 Å². The Labute approximate surface area is 121 Å². The monoisotopic (exact) mass is 323 g/mol. The summed E-state index contributed by atoms with van der Waals surface area (Å²) < 4.78 is 6.25. The Morgan fingerprint density at radius 3 is 2.68 bits per heavy atom. The third-order valence-corrected chi connectivity index (χ3v) is 3.62. The normalized spacial score (nSPS) is 10.8. The molecule has 0 saturated carbocycles. The molecule has 2 rings (SSSR count). The van der Waals surface area contributed by atoms with Gasteiger partial charge in [0.1, 0.15) is 0 Å². The molecule has 4 nitrogen and oxygen atoms in total. The Bertz CT molecular complexity index is 513. The summed E-state index contributed by atoms with van der Waals surface area (Å²) in [5.41, 5.74) is 6.42. The van der Waals surface area contributed by atoms with Crippen molar-refractivity contribution in [2.45, 2.75) is 32.1 Å². The number of unbranched alkanes of at least 4 members (excludes halogenated alkanes) is 3. The molecular weight excluding hydrogens is 306 g/mol. The number of nitrogens with zero attached hydrogens (tertiary/aromatic N) is 2. The third kappa shape index (κ3) is 4.14. The van der Waals surface area contributed by atoms with Crippen molar-refractivity contribution in [3.63, 3.8) is 0 Å². The highest BCUT2D eigenvalue weighted by atomic mass is 79.9. The highest BCUT2D eigenvalue weighted by molar-refractivity contribution is 9.10. The fourth-order valence-corrected chi connectivity index (χ4v) is 2.34. The lowest BCUT2D eigenvalue weighted by atomic mass is 10.1. The molecule has 0 aliphatic carbocycles. The van der Waals surface area contributed by atoms with Gasteiger partial charge in [-0.15, -0.1) is 0 Å². The van der Waals surface area contributed by atoms with E-state index in [0.717, 1.165) is 42.3 Å². The van der Waals surface area contributed by atoms with Crippen LogP contribution in [0.25, 0.3) is 11.4 Å². The molecule has 0 bridgehead atoms. The van der Waals surface area contributed by atoms with Gasteiger partial charge in [-0.2, -0.15) is 4.98 Å². The Morgan fingerprint density at radius 1 is 1.11 bits per heavy atom. The Hall–Kier alpha value is -1.20. The van der Waals surface area contributed by atoms with E-state index in [2.05, 4.69) is 26.1 Å². The van der Waals surface area contributed by atoms with E-state index in [0.29, 0.717) is 11.7 Å². The van der Waals surface area contributed by atoms with Crippen molar-refractivity contribution >= 4 is 15.9 Å². The van der Waals surface area contributed by atoms with Crippen LogP contribution in [0, 0.1) is 0 Å². The number of nitrogens with two attached hydrogens (primary N) is 1. The minimum absolute atomic E-state index is 0.643. The number of aryl methyl sites for hydroxylation is 1. The van der Waals surface area contributed by atoms with E-state index < -0.39 is 0 Å². The van der Waals surface area contributed by atoms with Crippen molar-refractivity contribution < 1.29 is 4.52 Å². The summed E-state index contributed by atoms with van der Waals surface area (Å²) in [5.74, 6) is 1.35. The Kier molecular flexibility index (Phi) is 5.54. The molecule has 1 heterocycles. The maximum absolute atomic E-state index is 5.46. The quantitative estimate of drug-likeness (QED) is 0.791. The van der Waals surface area contributed by atoms with Crippen molar-refractivity contribution in [3.05, 3.63) is 34.6 Å². The largest absolute Gasteiger partial charge is 0.339 e. The zero-order valence-electron chi connectivity index (χ0n) is 10.8. The van der Waals surface area contributed by atoms with Crippen LogP contribution < -0.4 is 5.73 Å². The lowest BCUT2D eigenvalue weighted by Crippen LogP contribution is -1.97. The standard InChI is InChI=1S/C14H18BrN3O/c15-12-8-5-4-7-11(12)14-17-13(19-18-14)9-3-1-2-6-10-16/h4-5,7-8H,1-3,6,9-10,16H2. The molecule has 1 aromatic carbocycles. The molecule has 0 atom stereocenters. The lowest BCUT2D eigenvalue weighted by molar-refractivity contribution is 0.374. The van der Waals surface area contributed by atoms with Crippen LogP contribution in [-0.2, 0) is 6.42 Å². The molecule has 0 saturated heterocycles. The molecule has 5 heteroatoms. The number of aromatic nitrogens is 2. The maximum atomic E-state index is 5.46. The number of halogens is 1. The molecular formula is C14H18BrN3O. The molecule has 0 aliphatic heterocycles. The number of rotatable bonds is 7. The van der Waals surface area contributed by atoms with Crippen LogP contribution in [0.1, 0.15) is 31.6 Å². The molecule has 0 fully saturated rings. The Balaban J connectivity index is 1.91. The van der Waals surface area contributed by atoms with Gasteiger partial charge < -0.3 is 10.3 Å². The second kappa shape index (κ2) is 7.40. The van der Waals surface area contributed by atoms with Crippen LogP contribution >= 0.6 is 15.9 Å². The fraction of sp³-hybridized carbons (Fsp3) is 0.429. The van der Waals surface area contributed by atoms with Crippen molar-refractivity contribution in [1.82, 2.24) is 10.1 Å². The Morgan fingerprint density at radius 2 is 1.89 bits per heavy atom. The molecule has 2 aromatic rings. The first-order chi connectivity index (χ1) is 9.31. The van der Waals surface area contributed by atoms with Gasteiger partial charge in [0, 0.05) is 16.5 Å². The molecule has 0 amide bonds. The van der Waals surface area contributed by atoms with Gasteiger partial charge in [-0.3, -0.25) is 0 Å². The third-order valence-electron chi connectivity index (χ3n) is 2.93. The van der Waals surface area contributed by atoms with Crippen LogP contribution in [0.3, 0.4) is 0 Å². The summed E-state index contributed by atoms with van der Waals surface area (Å²) in [6.45, 7) is 0.771. The van der Waals surface area contributed by atoms with Gasteiger partial charge in [0.15, 0.2) is 0 Å². The predicted octanol–water partition coefficient (Wildman–Crippen LogP) is 3.56. The van der Waals surface area contributed by atoms with Crippen LogP contribution in [0.5, 0.6) is 0 Å². The maximum Gasteiger partial charge on any atom is 0.226 e. The van der Waals surface area contributed by atoms with Gasteiger partial charge in [-0.1, -0.05) is 46.1 Å². The summed E-state index contributed by atoms with van der Waals surface area (Å²) in [6, 6.07) is 7.87. The molecule has 1 aromatic heterocycles. The van der Waals surface area contributed by atoms with Crippen LogP contribution in [0.4, 0.5) is 0 Å². The van der Waals surface area contributed by atoms with E-state index in [1.54, 1.807) is 0 Å². The average Bonchev–Trinajstić information content (AvgIpc) is 2.88. The first-order valence-corrected chi connectivity index (χ1v) is 7.38. The van der Waals surface area contributed by atoms with E-state index in [-0.39, 0.29) is 0 Å². The molecule has 19 heavy (non-hydrogen) atoms. The lowest BCUT2D eigenvalue weighted by Gasteiger charge is -1.97. The van der Waals surface area contributed by atoms with Crippen LogP contribution in [-0.4, -0.2) is 16.7 Å². The molecule has 102 valence electrons. The number of hydrogen-bond donors (Lipinski definition) is 1. The average molecular weight is 324 g/mol. The fourth-order valence-electron chi connectivity index (χ4n) is 1.88. The first kappa shape index (κ1) is 14.2. The van der Waals surface area contributed by atoms with Crippen molar-refractivity contribution in [2.24, 2.45) is 5.73 Å². The SMILES string of the molecule is NCCCCCCc1nc(-c2ccccc2Br)no1. The molecule has 0 unspecified atom stereocenters. The summed E-state index contributed by atoms with van der Waals surface area (Å²) in [5, 5.41) is 4.03. The van der Waals surface area contributed by atoms with E-state index in [9.17, 15) is 0 Å². The minimum atomic E-state index is 0.643. The van der Waals surface area contributed by atoms with Crippen LogP contribution in [0.15, 0.2) is 33.3 Å². The smallest absolute Gasteiger partial charge is 0.226 e. The van der Waals surface area contributed by atoms with Crippen molar-refractivity contribution in [1.29, 1.82) is 0 Å². The van der Waals surface area contributed by atoms with Gasteiger partial charge in [0.25, 0.3) is 0 Å². The van der Waals surface area contributed by atoms with Gasteiger partial charge in [-0.05, 0) is 31.5 Å². The van der Waals surface area contributed by atoms with Crippen molar-refractivity contribution in [2.75, 3.05) is 6.54 Å². The van der Waals surface area contributed by atoms with E-state index in [1.807, 2.05) is 24.3 Å². The summed E-state index contributed by atoms with van der Waals surface area (Å²) in [6.07, 6.45) is 5.32. The second-order valence-corrected chi connectivity index (χ2v) is 5.30. The van der Waals surface area contributed by atoms with E-state index in [1.165, 1.54) is 6.42 Å². The molecule has 0 spiro atoms.